The summed E-state index contributed by atoms with van der Waals surface area (Å²) < 4.78 is 10.3. The molecule has 0 bridgehead atoms. The lowest BCUT2D eigenvalue weighted by Crippen LogP contribution is -2.28. The molecule has 0 spiro atoms. The van der Waals surface area contributed by atoms with Crippen LogP contribution in [0.15, 0.2) is 30.3 Å². The number of hydrogen-bond acceptors (Lipinski definition) is 4. The Balaban J connectivity index is 1.92. The van der Waals surface area contributed by atoms with E-state index < -0.39 is 0 Å². The Morgan fingerprint density at radius 1 is 0.889 bits per heavy atom. The quantitative estimate of drug-likeness (QED) is 0.783. The Morgan fingerprint density at radius 2 is 1.44 bits per heavy atom. The van der Waals surface area contributed by atoms with E-state index >= 15 is 0 Å². The Bertz CT molecular complexity index is 801. The molecule has 2 rings (SSSR count). The van der Waals surface area contributed by atoms with Gasteiger partial charge >= 0.3 is 0 Å². The van der Waals surface area contributed by atoms with Crippen molar-refractivity contribution in [1.82, 2.24) is 5.32 Å². The molecule has 0 fully saturated rings. The number of carbonyl (C=O) groups excluding carboxylic acids is 2. The second kappa shape index (κ2) is 9.07. The molecular formula is C21H26N2O4. The van der Waals surface area contributed by atoms with Crippen LogP contribution >= 0.6 is 0 Å². The van der Waals surface area contributed by atoms with Gasteiger partial charge in [0.2, 0.25) is 5.91 Å². The molecule has 2 amide bonds. The van der Waals surface area contributed by atoms with Crippen LogP contribution in [0.2, 0.25) is 0 Å². The van der Waals surface area contributed by atoms with E-state index in [1.165, 1.54) is 14.2 Å². The van der Waals surface area contributed by atoms with Crippen LogP contribution in [0.3, 0.4) is 0 Å². The van der Waals surface area contributed by atoms with Crippen LogP contribution in [0, 0.1) is 20.8 Å². The van der Waals surface area contributed by atoms with Gasteiger partial charge in [-0.05, 0) is 44.0 Å². The fourth-order valence-electron chi connectivity index (χ4n) is 2.91. The molecular weight excluding hydrogens is 344 g/mol. The average molecular weight is 370 g/mol. The lowest BCUT2D eigenvalue weighted by Gasteiger charge is -2.13. The largest absolute Gasteiger partial charge is 0.497 e. The molecule has 0 aromatic heterocycles. The SMILES string of the molecule is COc1cc(OC)cc(C(=O)NCCC(=O)Nc2c(C)cc(C)cc2C)c1. The highest BCUT2D eigenvalue weighted by Gasteiger charge is 2.12. The van der Waals surface area contributed by atoms with Crippen molar-refractivity contribution < 1.29 is 19.1 Å². The van der Waals surface area contributed by atoms with Crippen molar-refractivity contribution in [2.75, 3.05) is 26.1 Å². The molecule has 2 aromatic carbocycles. The molecule has 2 N–H and O–H groups in total. The predicted octanol–water partition coefficient (Wildman–Crippen LogP) is 3.39. The zero-order valence-corrected chi connectivity index (χ0v) is 16.4. The van der Waals surface area contributed by atoms with E-state index in [1.54, 1.807) is 18.2 Å². The average Bonchev–Trinajstić information content (AvgIpc) is 2.64. The third kappa shape index (κ3) is 5.48. The number of ether oxygens (including phenoxy) is 2. The van der Waals surface area contributed by atoms with E-state index in [4.69, 9.17) is 9.47 Å². The third-order valence-corrected chi connectivity index (χ3v) is 4.19. The summed E-state index contributed by atoms with van der Waals surface area (Å²) in [5.74, 6) is 0.626. The van der Waals surface area contributed by atoms with Gasteiger partial charge in [0, 0.05) is 30.3 Å². The van der Waals surface area contributed by atoms with Crippen LogP contribution in [0.4, 0.5) is 5.69 Å². The number of amides is 2. The Kier molecular flexibility index (Phi) is 6.82. The first-order chi connectivity index (χ1) is 12.8. The van der Waals surface area contributed by atoms with E-state index in [0.29, 0.717) is 17.1 Å². The van der Waals surface area contributed by atoms with Crippen molar-refractivity contribution >= 4 is 17.5 Å². The summed E-state index contributed by atoms with van der Waals surface area (Å²) in [6.45, 7) is 6.18. The fourth-order valence-corrected chi connectivity index (χ4v) is 2.91. The Morgan fingerprint density at radius 3 is 1.96 bits per heavy atom. The van der Waals surface area contributed by atoms with E-state index in [-0.39, 0.29) is 24.8 Å². The van der Waals surface area contributed by atoms with Gasteiger partial charge in [-0.1, -0.05) is 17.7 Å². The molecule has 0 heterocycles. The zero-order valence-electron chi connectivity index (χ0n) is 16.4. The number of carbonyl (C=O) groups is 2. The summed E-state index contributed by atoms with van der Waals surface area (Å²) in [7, 11) is 3.05. The molecule has 6 nitrogen and oxygen atoms in total. The molecule has 6 heteroatoms. The number of rotatable bonds is 7. The van der Waals surface area contributed by atoms with Crippen LogP contribution in [-0.2, 0) is 4.79 Å². The minimum Gasteiger partial charge on any atom is -0.497 e. The van der Waals surface area contributed by atoms with Gasteiger partial charge in [0.25, 0.3) is 5.91 Å². The highest BCUT2D eigenvalue weighted by molar-refractivity contribution is 5.96. The second-order valence-electron chi connectivity index (χ2n) is 6.43. The van der Waals surface area contributed by atoms with E-state index in [0.717, 1.165) is 22.4 Å². The molecule has 0 unspecified atom stereocenters. The number of hydrogen-bond donors (Lipinski definition) is 2. The van der Waals surface area contributed by atoms with Gasteiger partial charge in [0.05, 0.1) is 14.2 Å². The summed E-state index contributed by atoms with van der Waals surface area (Å²) in [4.78, 5) is 24.5. The first-order valence-corrected chi connectivity index (χ1v) is 8.73. The smallest absolute Gasteiger partial charge is 0.251 e. The van der Waals surface area contributed by atoms with E-state index in [9.17, 15) is 9.59 Å². The first kappa shape index (κ1) is 20.3. The number of anilines is 1. The minimum absolute atomic E-state index is 0.145. The standard InChI is InChI=1S/C21H26N2O4/c1-13-8-14(2)20(15(3)9-13)23-19(24)6-7-22-21(25)16-10-17(26-4)12-18(11-16)27-5/h8-12H,6-7H2,1-5H3,(H,22,25)(H,23,24). The summed E-state index contributed by atoms with van der Waals surface area (Å²) in [6, 6.07) is 8.99. The molecule has 0 saturated carbocycles. The first-order valence-electron chi connectivity index (χ1n) is 8.73. The number of methoxy groups -OCH3 is 2. The van der Waals surface area contributed by atoms with Gasteiger partial charge < -0.3 is 20.1 Å². The third-order valence-electron chi connectivity index (χ3n) is 4.19. The lowest BCUT2D eigenvalue weighted by atomic mass is 10.1. The Labute approximate surface area is 159 Å². The van der Waals surface area contributed by atoms with Crippen molar-refractivity contribution in [2.45, 2.75) is 27.2 Å². The van der Waals surface area contributed by atoms with Crippen molar-refractivity contribution in [1.29, 1.82) is 0 Å². The monoisotopic (exact) mass is 370 g/mol. The van der Waals surface area contributed by atoms with Crippen LogP contribution in [0.1, 0.15) is 33.5 Å². The van der Waals surface area contributed by atoms with Crippen LogP contribution in [0.25, 0.3) is 0 Å². The topological polar surface area (TPSA) is 76.7 Å². The van der Waals surface area contributed by atoms with Gasteiger partial charge in [0.1, 0.15) is 11.5 Å². The highest BCUT2D eigenvalue weighted by Crippen LogP contribution is 2.23. The summed E-state index contributed by atoms with van der Waals surface area (Å²) in [6.07, 6.45) is 0.180. The van der Waals surface area contributed by atoms with Gasteiger partial charge in [-0.15, -0.1) is 0 Å². The van der Waals surface area contributed by atoms with Gasteiger partial charge in [-0.25, -0.2) is 0 Å². The maximum absolute atomic E-state index is 12.3. The normalized spacial score (nSPS) is 10.3. The van der Waals surface area contributed by atoms with Gasteiger partial charge in [0.15, 0.2) is 0 Å². The molecule has 0 aliphatic rings. The molecule has 27 heavy (non-hydrogen) atoms. The maximum atomic E-state index is 12.3. The number of nitrogens with one attached hydrogen (secondary N) is 2. The second-order valence-corrected chi connectivity index (χ2v) is 6.43. The molecule has 144 valence electrons. The maximum Gasteiger partial charge on any atom is 0.251 e. The minimum atomic E-state index is -0.289. The molecule has 0 radical (unpaired) electrons. The van der Waals surface area contributed by atoms with Gasteiger partial charge in [-0.2, -0.15) is 0 Å². The van der Waals surface area contributed by atoms with Crippen LogP contribution in [-0.4, -0.2) is 32.6 Å². The zero-order chi connectivity index (χ0) is 20.0. The molecule has 0 saturated heterocycles. The van der Waals surface area contributed by atoms with Gasteiger partial charge in [-0.3, -0.25) is 9.59 Å². The fraction of sp³-hybridized carbons (Fsp3) is 0.333. The van der Waals surface area contributed by atoms with Crippen molar-refractivity contribution in [3.63, 3.8) is 0 Å². The summed E-state index contributed by atoms with van der Waals surface area (Å²) >= 11 is 0. The number of benzene rings is 2. The predicted molar refractivity (Wildman–Crippen MR) is 106 cm³/mol. The molecule has 0 aliphatic carbocycles. The van der Waals surface area contributed by atoms with E-state index in [1.807, 2.05) is 32.9 Å². The van der Waals surface area contributed by atoms with Crippen molar-refractivity contribution in [2.24, 2.45) is 0 Å². The van der Waals surface area contributed by atoms with Crippen molar-refractivity contribution in [3.05, 3.63) is 52.6 Å². The Hall–Kier alpha value is -3.02. The molecule has 0 aliphatic heterocycles. The highest BCUT2D eigenvalue weighted by atomic mass is 16.5. The van der Waals surface area contributed by atoms with Crippen LogP contribution < -0.4 is 20.1 Å². The van der Waals surface area contributed by atoms with Crippen molar-refractivity contribution in [3.8, 4) is 11.5 Å². The van der Waals surface area contributed by atoms with Crippen LogP contribution in [0.5, 0.6) is 11.5 Å². The summed E-state index contributed by atoms with van der Waals surface area (Å²) in [5, 5.41) is 5.67. The molecule has 2 aromatic rings. The summed E-state index contributed by atoms with van der Waals surface area (Å²) in [5.41, 5.74) is 4.44. The molecule has 0 atom stereocenters. The van der Waals surface area contributed by atoms with E-state index in [2.05, 4.69) is 10.6 Å². The lowest BCUT2D eigenvalue weighted by molar-refractivity contribution is -0.116. The number of aryl methyl sites for hydroxylation is 3.